The molecule has 7 nitrogen and oxygen atoms in total. The number of aliphatic carboxylic acids is 1. The Bertz CT molecular complexity index is 698. The van der Waals surface area contributed by atoms with Gasteiger partial charge in [0.05, 0.1) is 10.8 Å². The fourth-order valence-corrected chi connectivity index (χ4v) is 3.64. The van der Waals surface area contributed by atoms with Crippen LogP contribution in [0, 0.1) is 5.92 Å². The van der Waals surface area contributed by atoms with Gasteiger partial charge in [-0.25, -0.2) is 13.2 Å². The molecule has 1 N–H and O–H groups in total. The molecule has 0 aliphatic carbocycles. The molecule has 0 saturated heterocycles. The van der Waals surface area contributed by atoms with Crippen molar-refractivity contribution in [1.82, 2.24) is 0 Å². The van der Waals surface area contributed by atoms with E-state index >= 15 is 0 Å². The van der Waals surface area contributed by atoms with Gasteiger partial charge in [-0.2, -0.15) is 0 Å². The summed E-state index contributed by atoms with van der Waals surface area (Å²) >= 11 is 0.908. The fourth-order valence-electron chi connectivity index (χ4n) is 1.65. The number of rotatable bonds is 8. The van der Waals surface area contributed by atoms with E-state index in [1.54, 1.807) is 6.07 Å². The predicted octanol–water partition coefficient (Wildman–Crippen LogP) is 1.37. The second-order valence-electron chi connectivity index (χ2n) is 5.06. The zero-order valence-electron chi connectivity index (χ0n) is 13.2. The molecule has 0 spiro atoms. The number of esters is 1. The Balaban J connectivity index is 2.79. The van der Waals surface area contributed by atoms with Gasteiger partial charge in [-0.1, -0.05) is 36.9 Å². The molecular formula is C15H18O7S2. The molecule has 1 rings (SSSR count). The molecule has 0 aliphatic heterocycles. The van der Waals surface area contributed by atoms with Crippen molar-refractivity contribution in [3.8, 4) is 0 Å². The summed E-state index contributed by atoms with van der Waals surface area (Å²) < 4.78 is 29.2. The maximum Gasteiger partial charge on any atom is 0.346 e. The van der Waals surface area contributed by atoms with Crippen molar-refractivity contribution in [2.75, 3.05) is 11.5 Å². The van der Waals surface area contributed by atoms with Crippen molar-refractivity contribution >= 4 is 38.7 Å². The first-order valence-electron chi connectivity index (χ1n) is 6.98. The molecule has 0 saturated carbocycles. The highest BCUT2D eigenvalue weighted by molar-refractivity contribution is 8.13. The minimum atomic E-state index is -3.92. The van der Waals surface area contributed by atoms with Crippen LogP contribution >= 0.6 is 11.8 Å². The standard InChI is InChI=1S/C15H18O7S2/c1-10(8-23-11(2)16)15(19)22-13(14(17)18)9-24(20,21)12-6-4-3-5-7-12/h3-7,10,13H,8-9H2,1-2H3,(H,17,18)/t10-,13?/m0/s1. The quantitative estimate of drug-likeness (QED) is 0.679. The SMILES string of the molecule is CC(=O)SC[C@H](C)C(=O)OC(CS(=O)(=O)c1ccccc1)C(=O)O. The first-order chi connectivity index (χ1) is 11.1. The highest BCUT2D eigenvalue weighted by atomic mass is 32.2. The highest BCUT2D eigenvalue weighted by Crippen LogP contribution is 2.15. The van der Waals surface area contributed by atoms with Gasteiger partial charge in [0.25, 0.3) is 0 Å². The number of carboxylic acid groups (broad SMARTS) is 1. The third-order valence-corrected chi connectivity index (χ3v) is 5.75. The number of benzene rings is 1. The van der Waals surface area contributed by atoms with Gasteiger partial charge in [-0.15, -0.1) is 0 Å². The second-order valence-corrected chi connectivity index (χ2v) is 8.29. The van der Waals surface area contributed by atoms with Gasteiger partial charge in [-0.05, 0) is 12.1 Å². The maximum absolute atomic E-state index is 12.2. The maximum atomic E-state index is 12.2. The number of thioether (sulfide) groups is 1. The Kier molecular flexibility index (Phi) is 7.43. The van der Waals surface area contributed by atoms with Crippen LogP contribution in [0.25, 0.3) is 0 Å². The lowest BCUT2D eigenvalue weighted by molar-refractivity contribution is -0.164. The third-order valence-electron chi connectivity index (χ3n) is 2.95. The summed E-state index contributed by atoms with van der Waals surface area (Å²) in [7, 11) is -3.92. The average molecular weight is 374 g/mol. The third kappa shape index (κ3) is 6.32. The van der Waals surface area contributed by atoms with Crippen LogP contribution in [0.4, 0.5) is 0 Å². The molecule has 1 unspecified atom stereocenters. The molecule has 24 heavy (non-hydrogen) atoms. The van der Waals surface area contributed by atoms with E-state index in [-0.39, 0.29) is 15.8 Å². The Labute approximate surface area is 144 Å². The summed E-state index contributed by atoms with van der Waals surface area (Å²) in [6, 6.07) is 7.32. The first-order valence-corrected chi connectivity index (χ1v) is 9.61. The molecule has 132 valence electrons. The summed E-state index contributed by atoms with van der Waals surface area (Å²) in [5.41, 5.74) is 0. The summed E-state index contributed by atoms with van der Waals surface area (Å²) in [4.78, 5) is 34.0. The molecule has 0 aromatic heterocycles. The normalized spacial score (nSPS) is 13.8. The van der Waals surface area contributed by atoms with E-state index in [4.69, 9.17) is 9.84 Å². The van der Waals surface area contributed by atoms with Crippen molar-refractivity contribution in [2.45, 2.75) is 24.8 Å². The molecule has 1 aromatic carbocycles. The minimum absolute atomic E-state index is 0.0486. The first kappa shape index (κ1) is 20.2. The van der Waals surface area contributed by atoms with E-state index in [0.717, 1.165) is 11.8 Å². The largest absolute Gasteiger partial charge is 0.478 e. The monoisotopic (exact) mass is 374 g/mol. The molecule has 0 heterocycles. The Morgan fingerprint density at radius 3 is 2.29 bits per heavy atom. The van der Waals surface area contributed by atoms with E-state index < -0.39 is 39.6 Å². The van der Waals surface area contributed by atoms with Crippen LogP contribution in [0.3, 0.4) is 0 Å². The lowest BCUT2D eigenvalue weighted by Gasteiger charge is -2.17. The molecule has 0 fully saturated rings. The van der Waals surface area contributed by atoms with Gasteiger partial charge in [-0.3, -0.25) is 9.59 Å². The van der Waals surface area contributed by atoms with Gasteiger partial charge in [0.15, 0.2) is 15.0 Å². The van der Waals surface area contributed by atoms with Crippen molar-refractivity contribution in [2.24, 2.45) is 5.92 Å². The number of hydrogen-bond acceptors (Lipinski definition) is 7. The van der Waals surface area contributed by atoms with E-state index in [1.165, 1.54) is 38.1 Å². The average Bonchev–Trinajstić information content (AvgIpc) is 2.52. The summed E-state index contributed by atoms with van der Waals surface area (Å²) in [6.45, 7) is 2.82. The smallest absolute Gasteiger partial charge is 0.346 e. The summed E-state index contributed by atoms with van der Waals surface area (Å²) in [5, 5.41) is 8.95. The van der Waals surface area contributed by atoms with E-state index in [2.05, 4.69) is 0 Å². The van der Waals surface area contributed by atoms with E-state index in [0.29, 0.717) is 0 Å². The fraction of sp³-hybridized carbons (Fsp3) is 0.400. The van der Waals surface area contributed by atoms with E-state index in [9.17, 15) is 22.8 Å². The molecule has 0 bridgehead atoms. The van der Waals surface area contributed by atoms with Crippen LogP contribution < -0.4 is 0 Å². The number of hydrogen-bond donors (Lipinski definition) is 1. The van der Waals surface area contributed by atoms with Crippen LogP contribution in [-0.4, -0.2) is 48.2 Å². The highest BCUT2D eigenvalue weighted by Gasteiger charge is 2.31. The Hall–Kier alpha value is -1.87. The number of sulfone groups is 1. The molecule has 9 heteroatoms. The van der Waals surface area contributed by atoms with Crippen LogP contribution in [0.5, 0.6) is 0 Å². The Morgan fingerprint density at radius 1 is 1.21 bits per heavy atom. The minimum Gasteiger partial charge on any atom is -0.478 e. The number of carbonyl (C=O) groups excluding carboxylic acids is 2. The lowest BCUT2D eigenvalue weighted by Crippen LogP contribution is -2.36. The zero-order chi connectivity index (χ0) is 18.3. The molecule has 0 aliphatic rings. The molecular weight excluding hydrogens is 356 g/mol. The van der Waals surface area contributed by atoms with Gasteiger partial charge in [0, 0.05) is 12.7 Å². The van der Waals surface area contributed by atoms with E-state index in [1.807, 2.05) is 0 Å². The van der Waals surface area contributed by atoms with Crippen molar-refractivity contribution in [1.29, 1.82) is 0 Å². The number of ether oxygens (including phenoxy) is 1. The molecule has 2 atom stereocenters. The molecule has 0 amide bonds. The second kappa shape index (κ2) is 8.84. The van der Waals surface area contributed by atoms with Gasteiger partial charge < -0.3 is 9.84 Å². The number of carboxylic acids is 1. The van der Waals surface area contributed by atoms with Crippen molar-refractivity contribution in [3.63, 3.8) is 0 Å². The van der Waals surface area contributed by atoms with Gasteiger partial charge in [0.2, 0.25) is 6.10 Å². The summed E-state index contributed by atoms with van der Waals surface area (Å²) in [5.74, 6) is -3.87. The Morgan fingerprint density at radius 2 is 1.79 bits per heavy atom. The zero-order valence-corrected chi connectivity index (χ0v) is 14.8. The van der Waals surface area contributed by atoms with Crippen LogP contribution in [-0.2, 0) is 29.0 Å². The van der Waals surface area contributed by atoms with Gasteiger partial charge >= 0.3 is 11.9 Å². The molecule has 0 radical (unpaired) electrons. The van der Waals surface area contributed by atoms with Gasteiger partial charge in [0.1, 0.15) is 5.75 Å². The predicted molar refractivity (Wildman–Crippen MR) is 88.3 cm³/mol. The summed E-state index contributed by atoms with van der Waals surface area (Å²) in [6.07, 6.45) is -1.81. The molecule has 1 aromatic rings. The van der Waals surface area contributed by atoms with Crippen LogP contribution in [0.15, 0.2) is 35.2 Å². The van der Waals surface area contributed by atoms with Crippen molar-refractivity contribution in [3.05, 3.63) is 30.3 Å². The number of carbonyl (C=O) groups is 3. The topological polar surface area (TPSA) is 115 Å². The van der Waals surface area contributed by atoms with Crippen LogP contribution in [0.1, 0.15) is 13.8 Å². The van der Waals surface area contributed by atoms with Crippen molar-refractivity contribution < 1.29 is 32.6 Å². The van der Waals surface area contributed by atoms with Crippen LogP contribution in [0.2, 0.25) is 0 Å². The lowest BCUT2D eigenvalue weighted by atomic mass is 10.2.